The number of benzene rings is 2. The first kappa shape index (κ1) is 53.6. The van der Waals surface area contributed by atoms with Gasteiger partial charge in [0.05, 0.1) is 17.2 Å². The highest BCUT2D eigenvalue weighted by atomic mass is 19.1. The monoisotopic (exact) mass is 922 g/mol. The van der Waals surface area contributed by atoms with E-state index in [2.05, 4.69) is 78.5 Å². The highest BCUT2D eigenvalue weighted by Crippen LogP contribution is 2.33. The van der Waals surface area contributed by atoms with Crippen molar-refractivity contribution in [3.05, 3.63) is 100 Å². The molecule has 2 amide bonds. The number of amides is 2. The molecule has 1 aromatic heterocycles. The second-order valence-electron chi connectivity index (χ2n) is 17.6. The lowest BCUT2D eigenvalue weighted by atomic mass is 10.0. The number of Topliss-reactive ketones (excluding diaryl/α,β-unsaturated/α-hetero) is 3. The number of nitrogens with zero attached hydrogens (tertiary/aromatic N) is 5. The molecule has 14 heteroatoms. The molecule has 0 saturated carbocycles. The van der Waals surface area contributed by atoms with Gasteiger partial charge < -0.3 is 25.1 Å². The van der Waals surface area contributed by atoms with Gasteiger partial charge in [-0.1, -0.05) is 52.3 Å². The fourth-order valence-corrected chi connectivity index (χ4v) is 8.13. The molecule has 1 unspecified atom stereocenters. The number of rotatable bonds is 19. The lowest BCUT2D eigenvalue weighted by Crippen LogP contribution is -2.59. The van der Waals surface area contributed by atoms with Crippen LogP contribution in [0.3, 0.4) is 0 Å². The third-order valence-corrected chi connectivity index (χ3v) is 12.0. The predicted octanol–water partition coefficient (Wildman–Crippen LogP) is 9.86. The Balaban J connectivity index is 0.000000240. The fourth-order valence-electron chi connectivity index (χ4n) is 8.13. The summed E-state index contributed by atoms with van der Waals surface area (Å²) in [6, 6.07) is 9.73. The Morgan fingerprint density at radius 2 is 1.64 bits per heavy atom. The number of anilines is 3. The number of aromatic nitrogens is 1. The van der Waals surface area contributed by atoms with Crippen LogP contribution in [-0.4, -0.2) is 101 Å². The van der Waals surface area contributed by atoms with Gasteiger partial charge in [0.25, 0.3) is 11.8 Å². The van der Waals surface area contributed by atoms with Crippen LogP contribution in [-0.2, 0) is 20.8 Å². The van der Waals surface area contributed by atoms with Crippen LogP contribution in [0.1, 0.15) is 138 Å². The van der Waals surface area contributed by atoms with Gasteiger partial charge in [-0.3, -0.25) is 29.0 Å². The topological polar surface area (TPSA) is 154 Å². The van der Waals surface area contributed by atoms with Crippen molar-refractivity contribution in [1.82, 2.24) is 14.8 Å². The maximum atomic E-state index is 14.0. The molecule has 362 valence electrons. The van der Waals surface area contributed by atoms with E-state index in [1.165, 1.54) is 38.0 Å². The number of imide groups is 1. The molecule has 2 N–H and O–H groups in total. The Kier molecular flexibility index (Phi) is 20.6. The molecule has 1 atom stereocenters. The molecule has 2 aromatic carbocycles. The summed E-state index contributed by atoms with van der Waals surface area (Å²) in [7, 11) is 0. The third-order valence-electron chi connectivity index (χ3n) is 12.0. The number of ether oxygens (including phenoxy) is 1. The molecule has 4 heterocycles. The predicted molar refractivity (Wildman–Crippen MR) is 267 cm³/mol. The summed E-state index contributed by atoms with van der Waals surface area (Å²) in [6.07, 6.45) is 9.25. The first-order valence-electron chi connectivity index (χ1n) is 23.7. The van der Waals surface area contributed by atoms with E-state index in [9.17, 15) is 28.4 Å². The molecule has 1 saturated heterocycles. The fraction of sp³-hybridized carbons (Fsp3) is 0.491. The van der Waals surface area contributed by atoms with Crippen molar-refractivity contribution in [2.24, 2.45) is 4.99 Å². The Labute approximate surface area is 397 Å². The van der Waals surface area contributed by atoms with Crippen molar-refractivity contribution >= 4 is 52.1 Å². The quantitative estimate of drug-likeness (QED) is 0.0511. The number of hydrogen-bond acceptors (Lipinski definition) is 11. The van der Waals surface area contributed by atoms with Gasteiger partial charge >= 0.3 is 0 Å². The van der Waals surface area contributed by atoms with Crippen LogP contribution >= 0.6 is 0 Å². The van der Waals surface area contributed by atoms with Crippen molar-refractivity contribution in [1.29, 1.82) is 0 Å². The van der Waals surface area contributed by atoms with E-state index < -0.39 is 17.9 Å². The standard InChI is InChI=1S/C24H33N3O4.C20H27FN2O.C9H12N2O/c1-5-11-25(12-6-2)19-14-26(15-19)18-8-9-20-21(13-18)24(31)27(23(20)30)22(17(4)29)10-7-16(3)28;1-6-8-18(14(3)7-2)13-22-16(5)23-19-10-9-17(11-15(4)24)20(21)12-19;1-6-5-11-9-8(7(6)2)10-3-4-12-9/h8-9,13,19,22H,5-7,10-12,14-15H2,1-4H3;9-10,12-13H,3,6-8,11H2,1-2,4-5H3,(H,22,23);5,10H,3-4H2,1-2H3/b;18-13-;. The summed E-state index contributed by atoms with van der Waals surface area (Å²) in [5.74, 6) is -0.279. The maximum absolute atomic E-state index is 14.0. The van der Waals surface area contributed by atoms with Crippen LogP contribution in [0.2, 0.25) is 0 Å². The molecule has 1 fully saturated rings. The zero-order valence-electron chi connectivity index (χ0n) is 41.4. The average molecular weight is 922 g/mol. The second kappa shape index (κ2) is 25.8. The molecule has 13 nitrogen and oxygen atoms in total. The second-order valence-corrected chi connectivity index (χ2v) is 17.6. The molecule has 0 aliphatic carbocycles. The van der Waals surface area contributed by atoms with Crippen molar-refractivity contribution in [3.63, 3.8) is 0 Å². The van der Waals surface area contributed by atoms with Crippen LogP contribution in [0.5, 0.6) is 5.88 Å². The maximum Gasteiger partial charge on any atom is 0.262 e. The van der Waals surface area contributed by atoms with Crippen LogP contribution in [0.15, 0.2) is 71.5 Å². The first-order valence-corrected chi connectivity index (χ1v) is 23.7. The zero-order valence-corrected chi connectivity index (χ0v) is 41.4. The van der Waals surface area contributed by atoms with Crippen molar-refractivity contribution in [2.75, 3.05) is 54.9 Å². The van der Waals surface area contributed by atoms with E-state index in [-0.39, 0.29) is 42.4 Å². The third kappa shape index (κ3) is 14.7. The molecule has 6 rings (SSSR count). The number of carbonyl (C=O) groups is 5. The first-order chi connectivity index (χ1) is 31.9. The summed E-state index contributed by atoms with van der Waals surface area (Å²) >= 11 is 0. The summed E-state index contributed by atoms with van der Waals surface area (Å²) in [5, 5.41) is 6.35. The van der Waals surface area contributed by atoms with Crippen LogP contribution in [0, 0.1) is 19.7 Å². The number of halogens is 1. The minimum absolute atomic E-state index is 0.0582. The number of aryl methyl sites for hydroxylation is 1. The number of hydrogen-bond donors (Lipinski definition) is 2. The molecule has 67 heavy (non-hydrogen) atoms. The lowest BCUT2D eigenvalue weighted by molar-refractivity contribution is -0.121. The molecule has 3 aromatic rings. The number of carbonyl (C=O) groups excluding carboxylic acids is 5. The highest BCUT2D eigenvalue weighted by molar-refractivity contribution is 6.23. The molecular weight excluding hydrogens is 850 g/mol. The lowest BCUT2D eigenvalue weighted by Gasteiger charge is -2.47. The van der Waals surface area contributed by atoms with Crippen molar-refractivity contribution in [3.8, 4) is 5.88 Å². The smallest absolute Gasteiger partial charge is 0.262 e. The molecule has 3 aliphatic rings. The summed E-state index contributed by atoms with van der Waals surface area (Å²) in [5.41, 5.74) is 8.35. The van der Waals surface area contributed by atoms with Crippen molar-refractivity contribution in [2.45, 2.75) is 133 Å². The van der Waals surface area contributed by atoms with E-state index in [0.29, 0.717) is 40.9 Å². The number of pyridine rings is 1. The zero-order chi connectivity index (χ0) is 49.4. The number of aliphatic imine (C=N–C) groups is 1. The average Bonchev–Trinajstić information content (AvgIpc) is 3.51. The minimum Gasteiger partial charge on any atom is -0.474 e. The Morgan fingerprint density at radius 3 is 2.24 bits per heavy atom. The number of ketones is 3. The van der Waals surface area contributed by atoms with E-state index in [4.69, 9.17) is 4.74 Å². The largest absolute Gasteiger partial charge is 0.474 e. The summed E-state index contributed by atoms with van der Waals surface area (Å²) in [4.78, 5) is 75.0. The normalized spacial score (nSPS) is 14.9. The molecule has 0 bridgehead atoms. The van der Waals surface area contributed by atoms with E-state index in [1.54, 1.807) is 24.3 Å². The van der Waals surface area contributed by atoms with Crippen LogP contribution < -0.4 is 20.3 Å². The van der Waals surface area contributed by atoms with Gasteiger partial charge in [-0.2, -0.15) is 0 Å². The van der Waals surface area contributed by atoms with E-state index in [1.807, 2.05) is 25.4 Å². The number of allylic oxidation sites excluding steroid dienone is 2. The van der Waals surface area contributed by atoms with Gasteiger partial charge in [-0.05, 0) is 139 Å². The van der Waals surface area contributed by atoms with Crippen LogP contribution in [0.4, 0.5) is 21.5 Å². The van der Waals surface area contributed by atoms with Gasteiger partial charge in [0.2, 0.25) is 5.88 Å². The number of nitrogens with one attached hydrogen (secondary N) is 2. The van der Waals surface area contributed by atoms with Gasteiger partial charge in [0, 0.05) is 62.3 Å². The van der Waals surface area contributed by atoms with Gasteiger partial charge in [-0.15, -0.1) is 0 Å². The minimum atomic E-state index is -0.898. The van der Waals surface area contributed by atoms with Gasteiger partial charge in [0.15, 0.2) is 5.78 Å². The van der Waals surface area contributed by atoms with Gasteiger partial charge in [-0.25, -0.2) is 14.4 Å². The van der Waals surface area contributed by atoms with Gasteiger partial charge in [0.1, 0.15) is 35.5 Å². The molecular formula is C53H72FN7O6. The van der Waals surface area contributed by atoms with E-state index in [0.717, 1.165) is 98.1 Å². The Hall–Kier alpha value is -6.02. The summed E-state index contributed by atoms with van der Waals surface area (Å²) < 4.78 is 19.4. The molecule has 3 aliphatic heterocycles. The SMILES string of the molecule is C=C(CC)/C(=C\N=C(C)Nc1ccc(CC(C)=O)c(F)c1)CCC.CCCN(CCC)C1CN(c2ccc3c(c2)C(=O)N(C(CCC(C)=O)C(C)=O)C3=O)C1.Cc1cnc2c(c1C)NCCO2. The summed E-state index contributed by atoms with van der Waals surface area (Å²) in [6.45, 7) is 28.4. The van der Waals surface area contributed by atoms with Crippen molar-refractivity contribution < 1.29 is 33.1 Å². The highest BCUT2D eigenvalue weighted by Gasteiger charge is 2.42. The molecule has 0 spiro atoms. The number of fused-ring (bicyclic) bond motifs is 2. The van der Waals surface area contributed by atoms with Crippen LogP contribution in [0.25, 0.3) is 0 Å². The number of amidine groups is 1. The Bertz CT molecular complexity index is 2330. The Morgan fingerprint density at radius 1 is 0.955 bits per heavy atom. The van der Waals surface area contributed by atoms with E-state index >= 15 is 0 Å². The molecule has 0 radical (unpaired) electrons.